The third-order valence-electron chi connectivity index (χ3n) is 7.46. The van der Waals surface area contributed by atoms with Gasteiger partial charge in [-0.05, 0) is 110 Å². The summed E-state index contributed by atoms with van der Waals surface area (Å²) in [4.78, 5) is 40.7. The molecule has 2 aromatic carbocycles. The maximum absolute atomic E-state index is 15.6. The van der Waals surface area contributed by atoms with Gasteiger partial charge in [0.05, 0.1) is 17.5 Å². The number of carbonyl (C=O) groups is 2. The molecule has 3 aromatic rings. The van der Waals surface area contributed by atoms with Gasteiger partial charge >= 0.3 is 5.97 Å². The van der Waals surface area contributed by atoms with Gasteiger partial charge in [0.15, 0.2) is 11.6 Å². The van der Waals surface area contributed by atoms with Crippen LogP contribution in [0, 0.1) is 37.2 Å². The zero-order valence-electron chi connectivity index (χ0n) is 25.8. The van der Waals surface area contributed by atoms with E-state index in [0.717, 1.165) is 10.6 Å². The van der Waals surface area contributed by atoms with Crippen molar-refractivity contribution in [2.45, 2.75) is 65.3 Å². The number of carbonyl (C=O) groups excluding carboxylic acids is 1. The van der Waals surface area contributed by atoms with Crippen molar-refractivity contribution in [2.24, 2.45) is 5.92 Å². The van der Waals surface area contributed by atoms with Gasteiger partial charge in [0, 0.05) is 25.1 Å². The molecule has 0 radical (unpaired) electrons. The van der Waals surface area contributed by atoms with E-state index in [4.69, 9.17) is 11.6 Å². The first kappa shape index (κ1) is 37.1. The van der Waals surface area contributed by atoms with Crippen molar-refractivity contribution >= 4 is 36.8 Å². The number of halogens is 4. The Hall–Kier alpha value is -3.08. The van der Waals surface area contributed by atoms with Gasteiger partial charge in [0.25, 0.3) is 5.56 Å². The van der Waals surface area contributed by atoms with Crippen LogP contribution < -0.4 is 5.56 Å². The number of ketones is 1. The average Bonchev–Trinajstić information content (AvgIpc) is 2.88. The number of hydrogen-bond acceptors (Lipinski definition) is 4. The minimum absolute atomic E-state index is 0. The van der Waals surface area contributed by atoms with Gasteiger partial charge in [0.1, 0.15) is 11.6 Å². The molecule has 0 aliphatic heterocycles. The Labute approximate surface area is 268 Å². The van der Waals surface area contributed by atoms with Crippen molar-refractivity contribution in [3.63, 3.8) is 0 Å². The summed E-state index contributed by atoms with van der Waals surface area (Å²) < 4.78 is 45.4. The number of rotatable bonds is 13. The quantitative estimate of drug-likeness (QED) is 0.211. The fourth-order valence-electron chi connectivity index (χ4n) is 5.49. The summed E-state index contributed by atoms with van der Waals surface area (Å²) in [5, 5.41) is 9.45. The van der Waals surface area contributed by atoms with Crippen LogP contribution in [0.15, 0.2) is 41.3 Å². The number of aryl methyl sites for hydroxylation is 2. The highest BCUT2D eigenvalue weighted by Crippen LogP contribution is 2.38. The van der Waals surface area contributed by atoms with E-state index in [1.807, 2.05) is 32.8 Å². The van der Waals surface area contributed by atoms with E-state index in [1.54, 1.807) is 13.8 Å². The third kappa shape index (κ3) is 9.22. The Bertz CT molecular complexity index is 1550. The standard InChI is InChI=1S/C33H38ClF3N2O4.H2S/c1-18(2)9-28(39-17-21(7-8-38(5)6)12-27(36)33(39)43)29(40)15-22(16-30(41)42)25-13-23(14-26(34)32(25)37)31-19(3)10-24(35)11-20(31)4;/h10-14,17-18,22,28H,7-9,15-16H2,1-6H3,(H,41,42);1H2/t22-,28?;/m0./s1. The highest BCUT2D eigenvalue weighted by molar-refractivity contribution is 7.59. The Morgan fingerprint density at radius 1 is 1.00 bits per heavy atom. The minimum Gasteiger partial charge on any atom is -0.481 e. The molecule has 0 aliphatic carbocycles. The molecule has 0 saturated heterocycles. The largest absolute Gasteiger partial charge is 0.481 e. The van der Waals surface area contributed by atoms with Crippen molar-refractivity contribution in [3.8, 4) is 11.1 Å². The minimum atomic E-state index is -1.26. The molecule has 0 saturated carbocycles. The van der Waals surface area contributed by atoms with Crippen molar-refractivity contribution in [2.75, 3.05) is 20.6 Å². The summed E-state index contributed by atoms with van der Waals surface area (Å²) in [6.07, 6.45) is 1.08. The molecule has 0 aliphatic rings. The van der Waals surface area contributed by atoms with Gasteiger partial charge in [-0.25, -0.2) is 13.2 Å². The Kier molecular flexibility index (Phi) is 13.3. The number of aliphatic carboxylic acids is 1. The van der Waals surface area contributed by atoms with Gasteiger partial charge in [-0.2, -0.15) is 13.5 Å². The summed E-state index contributed by atoms with van der Waals surface area (Å²) in [6, 6.07) is 5.56. The van der Waals surface area contributed by atoms with E-state index < -0.39 is 59.6 Å². The van der Waals surface area contributed by atoms with E-state index >= 15 is 4.39 Å². The van der Waals surface area contributed by atoms with E-state index in [9.17, 15) is 28.3 Å². The van der Waals surface area contributed by atoms with Crippen molar-refractivity contribution in [3.05, 3.63) is 91.6 Å². The molecular weight excluding hydrogens is 613 g/mol. The lowest BCUT2D eigenvalue weighted by Gasteiger charge is -2.25. The smallest absolute Gasteiger partial charge is 0.303 e. The van der Waals surface area contributed by atoms with Gasteiger partial charge in [-0.15, -0.1) is 0 Å². The van der Waals surface area contributed by atoms with Crippen LogP contribution in [-0.4, -0.2) is 47.0 Å². The molecular formula is C33H40ClF3N2O4S. The van der Waals surface area contributed by atoms with Crippen LogP contribution in [0.2, 0.25) is 5.02 Å². The number of benzene rings is 2. The number of carboxylic acids is 1. The first-order valence-corrected chi connectivity index (χ1v) is 14.5. The summed E-state index contributed by atoms with van der Waals surface area (Å²) in [5.74, 6) is -5.30. The molecule has 0 amide bonds. The lowest BCUT2D eigenvalue weighted by molar-refractivity contribution is -0.137. The summed E-state index contributed by atoms with van der Waals surface area (Å²) in [6.45, 7) is 7.68. The summed E-state index contributed by atoms with van der Waals surface area (Å²) in [7, 11) is 3.72. The highest BCUT2D eigenvalue weighted by atomic mass is 35.5. The van der Waals surface area contributed by atoms with Gasteiger partial charge in [-0.3, -0.25) is 14.4 Å². The fourth-order valence-corrected chi connectivity index (χ4v) is 5.72. The van der Waals surface area contributed by atoms with Crippen LogP contribution in [0.4, 0.5) is 13.2 Å². The molecule has 1 aromatic heterocycles. The predicted molar refractivity (Wildman–Crippen MR) is 173 cm³/mol. The normalized spacial score (nSPS) is 12.7. The van der Waals surface area contributed by atoms with Crippen LogP contribution in [-0.2, 0) is 16.0 Å². The summed E-state index contributed by atoms with van der Waals surface area (Å²) >= 11 is 6.28. The van der Waals surface area contributed by atoms with E-state index in [-0.39, 0.29) is 36.4 Å². The second-order valence-electron chi connectivity index (χ2n) is 11.8. The van der Waals surface area contributed by atoms with Gasteiger partial charge < -0.3 is 14.6 Å². The third-order valence-corrected chi connectivity index (χ3v) is 7.73. The molecule has 11 heteroatoms. The average molecular weight is 653 g/mol. The number of nitrogens with zero attached hydrogens (tertiary/aromatic N) is 2. The number of pyridine rings is 1. The van der Waals surface area contributed by atoms with Crippen LogP contribution in [0.5, 0.6) is 0 Å². The second kappa shape index (κ2) is 15.8. The SMILES string of the molecule is Cc1cc(F)cc(C)c1-c1cc(Cl)c(F)c([C@H](CC(=O)O)CC(=O)C(CC(C)C)n2cc(CCN(C)C)cc(F)c2=O)c1.S. The maximum atomic E-state index is 15.6. The van der Waals surface area contributed by atoms with Crippen molar-refractivity contribution in [1.82, 2.24) is 9.47 Å². The molecule has 2 atom stereocenters. The molecule has 1 heterocycles. The fraction of sp³-hybridized carbons (Fsp3) is 0.424. The monoisotopic (exact) mass is 652 g/mol. The van der Waals surface area contributed by atoms with Crippen LogP contribution in [0.1, 0.15) is 67.3 Å². The van der Waals surface area contributed by atoms with Gasteiger partial charge in [0.2, 0.25) is 0 Å². The first-order valence-electron chi connectivity index (χ1n) is 14.1. The molecule has 3 rings (SSSR count). The topological polar surface area (TPSA) is 79.6 Å². The van der Waals surface area contributed by atoms with Crippen LogP contribution >= 0.6 is 25.1 Å². The number of likely N-dealkylation sites (N-methyl/N-ethyl adjacent to an activating group) is 1. The maximum Gasteiger partial charge on any atom is 0.303 e. The number of carboxylic acid groups (broad SMARTS) is 1. The number of hydrogen-bond donors (Lipinski definition) is 1. The molecule has 240 valence electrons. The molecule has 0 fully saturated rings. The van der Waals surface area contributed by atoms with Crippen molar-refractivity contribution < 1.29 is 27.9 Å². The first-order chi connectivity index (χ1) is 20.1. The van der Waals surface area contributed by atoms with E-state index in [0.29, 0.717) is 40.8 Å². The number of aromatic nitrogens is 1. The van der Waals surface area contributed by atoms with E-state index in [2.05, 4.69) is 0 Å². The Morgan fingerprint density at radius 2 is 1.61 bits per heavy atom. The molecule has 0 bridgehead atoms. The Morgan fingerprint density at radius 3 is 2.16 bits per heavy atom. The Balaban J connectivity index is 0.00000675. The molecule has 44 heavy (non-hydrogen) atoms. The molecule has 1 unspecified atom stereocenters. The van der Waals surface area contributed by atoms with Crippen molar-refractivity contribution in [1.29, 1.82) is 0 Å². The van der Waals surface area contributed by atoms with Crippen LogP contribution in [0.25, 0.3) is 11.1 Å². The molecule has 1 N–H and O–H groups in total. The second-order valence-corrected chi connectivity index (χ2v) is 12.3. The highest BCUT2D eigenvalue weighted by Gasteiger charge is 2.30. The molecule has 0 spiro atoms. The zero-order valence-corrected chi connectivity index (χ0v) is 27.6. The lowest BCUT2D eigenvalue weighted by Crippen LogP contribution is -2.33. The van der Waals surface area contributed by atoms with Crippen LogP contribution in [0.3, 0.4) is 0 Å². The lowest BCUT2D eigenvalue weighted by atomic mass is 9.84. The molecule has 6 nitrogen and oxygen atoms in total. The van der Waals surface area contributed by atoms with Gasteiger partial charge in [-0.1, -0.05) is 25.4 Å². The van der Waals surface area contributed by atoms with E-state index in [1.165, 1.54) is 30.5 Å². The number of Topliss-reactive ketones (excluding diaryl/α,β-unsaturated/α-hetero) is 1. The predicted octanol–water partition coefficient (Wildman–Crippen LogP) is 7.22. The summed E-state index contributed by atoms with van der Waals surface area (Å²) in [5.41, 5.74) is 1.70. The zero-order chi connectivity index (χ0) is 32.2.